The first-order valence-electron chi connectivity index (χ1n) is 12.3. The number of rotatable bonds is 6. The number of urea groups is 1. The van der Waals surface area contributed by atoms with E-state index in [0.29, 0.717) is 42.5 Å². The van der Waals surface area contributed by atoms with Crippen molar-refractivity contribution < 1.29 is 24.5 Å². The third-order valence-electron chi connectivity index (χ3n) is 7.16. The van der Waals surface area contributed by atoms with Crippen LogP contribution in [0.25, 0.3) is 0 Å². The van der Waals surface area contributed by atoms with E-state index in [1.807, 2.05) is 18.2 Å². The van der Waals surface area contributed by atoms with Crippen molar-refractivity contribution in [2.75, 3.05) is 44.6 Å². The fourth-order valence-corrected chi connectivity index (χ4v) is 5.57. The number of benzene rings is 2. The van der Waals surface area contributed by atoms with Crippen molar-refractivity contribution in [3.8, 4) is 11.5 Å². The third kappa shape index (κ3) is 5.84. The molecule has 0 bridgehead atoms. The molecule has 3 aliphatic heterocycles. The highest BCUT2D eigenvalue weighted by Crippen LogP contribution is 2.42. The van der Waals surface area contributed by atoms with Gasteiger partial charge in [0, 0.05) is 62.0 Å². The minimum atomic E-state index is -0.701. The second-order valence-electron chi connectivity index (χ2n) is 9.94. The van der Waals surface area contributed by atoms with E-state index in [9.17, 15) is 15.0 Å². The van der Waals surface area contributed by atoms with Crippen LogP contribution in [-0.4, -0.2) is 83.2 Å². The largest absolute Gasteiger partial charge is 0.489 e. The number of nitrogens with one attached hydrogen (secondary N) is 1. The fraction of sp³-hybridized carbons (Fsp3) is 0.500. The van der Waals surface area contributed by atoms with Gasteiger partial charge in [0.05, 0.1) is 11.8 Å². The first-order chi connectivity index (χ1) is 17.3. The van der Waals surface area contributed by atoms with Crippen LogP contribution < -0.4 is 14.8 Å². The summed E-state index contributed by atoms with van der Waals surface area (Å²) in [6, 6.07) is 10.4. The number of aliphatic hydroxyl groups excluding tert-OH is 2. The van der Waals surface area contributed by atoms with Gasteiger partial charge in [0.1, 0.15) is 29.8 Å². The Balaban J connectivity index is 1.11. The zero-order valence-corrected chi connectivity index (χ0v) is 21.5. The Kier molecular flexibility index (Phi) is 7.51. The van der Waals surface area contributed by atoms with Gasteiger partial charge in [-0.25, -0.2) is 4.79 Å². The summed E-state index contributed by atoms with van der Waals surface area (Å²) in [6.45, 7) is 2.99. The number of hydrogen-bond donors (Lipinski definition) is 3. The van der Waals surface area contributed by atoms with Crippen LogP contribution in [0.4, 0.5) is 10.5 Å². The van der Waals surface area contributed by atoms with Crippen LogP contribution in [0.5, 0.6) is 11.5 Å². The number of piperidine rings is 1. The van der Waals surface area contributed by atoms with Crippen LogP contribution in [-0.2, 0) is 6.42 Å². The number of amides is 2. The lowest BCUT2D eigenvalue weighted by Gasteiger charge is -2.39. The van der Waals surface area contributed by atoms with E-state index in [0.717, 1.165) is 48.7 Å². The van der Waals surface area contributed by atoms with Gasteiger partial charge in [-0.1, -0.05) is 23.2 Å². The van der Waals surface area contributed by atoms with Crippen LogP contribution in [0, 0.1) is 0 Å². The predicted octanol–water partition coefficient (Wildman–Crippen LogP) is 3.80. The first kappa shape index (κ1) is 25.4. The van der Waals surface area contributed by atoms with E-state index in [-0.39, 0.29) is 18.2 Å². The number of carbonyl (C=O) groups is 1. The number of ether oxygens (including phenoxy) is 2. The Morgan fingerprint density at radius 3 is 2.67 bits per heavy atom. The first-order valence-corrected chi connectivity index (χ1v) is 13.1. The Labute approximate surface area is 220 Å². The minimum Gasteiger partial charge on any atom is -0.489 e. The summed E-state index contributed by atoms with van der Waals surface area (Å²) in [5, 5.41) is 24.4. The summed E-state index contributed by atoms with van der Waals surface area (Å²) in [4.78, 5) is 16.3. The van der Waals surface area contributed by atoms with Gasteiger partial charge >= 0.3 is 6.03 Å². The number of anilines is 1. The molecular weight excluding hydrogens is 505 g/mol. The van der Waals surface area contributed by atoms with E-state index in [4.69, 9.17) is 32.7 Å². The van der Waals surface area contributed by atoms with Gasteiger partial charge in [0.15, 0.2) is 0 Å². The highest BCUT2D eigenvalue weighted by atomic mass is 35.5. The monoisotopic (exact) mass is 535 g/mol. The molecule has 3 aliphatic rings. The third-order valence-corrected chi connectivity index (χ3v) is 7.63. The maximum Gasteiger partial charge on any atom is 0.322 e. The van der Waals surface area contributed by atoms with Crippen molar-refractivity contribution in [2.45, 2.75) is 43.5 Å². The molecule has 36 heavy (non-hydrogen) atoms. The molecule has 0 radical (unpaired) electrons. The molecule has 0 saturated carbocycles. The van der Waals surface area contributed by atoms with Crippen LogP contribution in [0.1, 0.15) is 24.8 Å². The average molecular weight is 536 g/mol. The van der Waals surface area contributed by atoms with E-state index in [1.165, 1.54) is 0 Å². The van der Waals surface area contributed by atoms with E-state index < -0.39 is 12.2 Å². The summed E-state index contributed by atoms with van der Waals surface area (Å²) >= 11 is 12.3. The molecule has 3 heterocycles. The van der Waals surface area contributed by atoms with Crippen molar-refractivity contribution >= 4 is 34.9 Å². The molecule has 2 aromatic rings. The van der Waals surface area contributed by atoms with Crippen molar-refractivity contribution in [1.82, 2.24) is 9.80 Å². The molecule has 194 valence electrons. The van der Waals surface area contributed by atoms with Crippen molar-refractivity contribution in [3.63, 3.8) is 0 Å². The molecule has 2 saturated heterocycles. The van der Waals surface area contributed by atoms with Crippen LogP contribution >= 0.6 is 23.2 Å². The topological polar surface area (TPSA) is 94.5 Å². The van der Waals surface area contributed by atoms with Gasteiger partial charge in [0.2, 0.25) is 0 Å². The Morgan fingerprint density at radius 2 is 1.92 bits per heavy atom. The summed E-state index contributed by atoms with van der Waals surface area (Å²) in [7, 11) is 0. The number of fused-ring (bicyclic) bond motifs is 1. The van der Waals surface area contributed by atoms with Gasteiger partial charge in [0.25, 0.3) is 0 Å². The summed E-state index contributed by atoms with van der Waals surface area (Å²) in [6.07, 6.45) is 1.98. The molecule has 3 N–H and O–H groups in total. The second kappa shape index (κ2) is 10.6. The number of halogens is 2. The molecule has 2 atom stereocenters. The van der Waals surface area contributed by atoms with Crippen molar-refractivity contribution in [3.05, 3.63) is 52.0 Å². The number of β-amino-alcohol motifs (C(OH)–C–C–N with tert-alkyl or cyclic N) is 2. The standard InChI is InChI=1S/C26H31Cl2N3O5/c27-18-1-3-23-17(11-18)13-26(36-23)6-9-30(10-7-26)14-21(33)16-35-24-4-2-19(28)12-22(24)29-25(34)31-8-5-20(32)15-31/h1-4,11-12,20-21,32-33H,5-10,13-16H2,(H,29,34)/t20-,21+/m0/s1. The normalized spacial score (nSPS) is 21.8. The van der Waals surface area contributed by atoms with Crippen LogP contribution in [0.2, 0.25) is 10.0 Å². The number of carbonyl (C=O) groups excluding carboxylic acids is 1. The van der Waals surface area contributed by atoms with Crippen LogP contribution in [0.3, 0.4) is 0 Å². The Bertz CT molecular complexity index is 1110. The van der Waals surface area contributed by atoms with Crippen LogP contribution in [0.15, 0.2) is 36.4 Å². The van der Waals surface area contributed by atoms with Gasteiger partial charge in [-0.05, 0) is 48.4 Å². The average Bonchev–Trinajstić information content (AvgIpc) is 3.43. The maximum absolute atomic E-state index is 12.6. The van der Waals surface area contributed by atoms with Gasteiger partial charge in [-0.3, -0.25) is 0 Å². The highest BCUT2D eigenvalue weighted by Gasteiger charge is 2.42. The van der Waals surface area contributed by atoms with E-state index in [1.54, 1.807) is 23.1 Å². The van der Waals surface area contributed by atoms with Crippen molar-refractivity contribution in [2.24, 2.45) is 0 Å². The Hall–Kier alpha value is -2.23. The van der Waals surface area contributed by atoms with E-state index in [2.05, 4.69) is 10.2 Å². The van der Waals surface area contributed by atoms with Gasteiger partial charge < -0.3 is 34.8 Å². The maximum atomic E-state index is 12.6. The number of aliphatic hydroxyl groups is 2. The fourth-order valence-electron chi connectivity index (χ4n) is 5.21. The minimum absolute atomic E-state index is 0.0784. The SMILES string of the molecule is O=C(Nc1cc(Cl)ccc1OC[C@H](O)CN1CCC2(CC1)Cc1cc(Cl)ccc1O2)N1CC[C@H](O)C1. The number of hydrogen-bond acceptors (Lipinski definition) is 6. The second-order valence-corrected chi connectivity index (χ2v) is 10.8. The number of nitrogens with zero attached hydrogens (tertiary/aromatic N) is 2. The zero-order chi connectivity index (χ0) is 25.3. The summed E-state index contributed by atoms with van der Waals surface area (Å²) < 4.78 is 12.2. The summed E-state index contributed by atoms with van der Waals surface area (Å²) in [5.41, 5.74) is 1.41. The molecule has 0 unspecified atom stereocenters. The van der Waals surface area contributed by atoms with Gasteiger partial charge in [-0.2, -0.15) is 0 Å². The molecule has 2 fully saturated rings. The lowest BCUT2D eigenvalue weighted by Crippen LogP contribution is -2.49. The molecule has 0 aromatic heterocycles. The van der Waals surface area contributed by atoms with Crippen molar-refractivity contribution in [1.29, 1.82) is 0 Å². The highest BCUT2D eigenvalue weighted by molar-refractivity contribution is 6.31. The summed E-state index contributed by atoms with van der Waals surface area (Å²) in [5.74, 6) is 1.35. The molecular formula is C26H31Cl2N3O5. The predicted molar refractivity (Wildman–Crippen MR) is 138 cm³/mol. The zero-order valence-electron chi connectivity index (χ0n) is 20.0. The lowest BCUT2D eigenvalue weighted by atomic mass is 9.87. The molecule has 2 aromatic carbocycles. The molecule has 8 nitrogen and oxygen atoms in total. The quantitative estimate of drug-likeness (QED) is 0.520. The molecule has 0 aliphatic carbocycles. The molecule has 1 spiro atoms. The molecule has 10 heteroatoms. The number of likely N-dealkylation sites (tertiary alicyclic amines) is 2. The van der Waals surface area contributed by atoms with Gasteiger partial charge in [-0.15, -0.1) is 0 Å². The van der Waals surface area contributed by atoms with E-state index >= 15 is 0 Å². The Morgan fingerprint density at radius 1 is 1.17 bits per heavy atom. The molecule has 2 amide bonds. The smallest absolute Gasteiger partial charge is 0.322 e. The molecule has 5 rings (SSSR count). The lowest BCUT2D eigenvalue weighted by molar-refractivity contribution is -0.00191.